The van der Waals surface area contributed by atoms with Gasteiger partial charge < -0.3 is 10.0 Å². The molecule has 1 aliphatic heterocycles. The van der Waals surface area contributed by atoms with Gasteiger partial charge in [0.05, 0.1) is 0 Å². The number of carbonyl (C=O) groups is 2. The first-order valence-corrected chi connectivity index (χ1v) is 7.95. The zero-order chi connectivity index (χ0) is 14.4. The second kappa shape index (κ2) is 7.07. The average molecular weight is 282 g/mol. The van der Waals surface area contributed by atoms with Crippen LogP contribution in [0.1, 0.15) is 64.2 Å². The van der Waals surface area contributed by atoms with Crippen molar-refractivity contribution < 1.29 is 14.7 Å². The van der Waals surface area contributed by atoms with Crippen molar-refractivity contribution in [1.82, 2.24) is 10.2 Å². The topological polar surface area (TPSA) is 69.6 Å². The molecular weight excluding hydrogens is 256 g/mol. The van der Waals surface area contributed by atoms with E-state index in [1.807, 2.05) is 0 Å². The number of nitrogens with one attached hydrogen (secondary N) is 1. The molecule has 2 aliphatic rings. The lowest BCUT2D eigenvalue weighted by Gasteiger charge is -2.34. The molecule has 5 heteroatoms. The van der Waals surface area contributed by atoms with E-state index in [1.165, 1.54) is 0 Å². The Balaban J connectivity index is 1.96. The molecule has 1 saturated heterocycles. The van der Waals surface area contributed by atoms with Crippen LogP contribution in [-0.4, -0.2) is 40.6 Å². The Hall–Kier alpha value is -1.10. The highest BCUT2D eigenvalue weighted by Gasteiger charge is 2.51. The van der Waals surface area contributed by atoms with E-state index >= 15 is 0 Å². The number of rotatable bonds is 6. The van der Waals surface area contributed by atoms with Crippen molar-refractivity contribution in [3.63, 3.8) is 0 Å². The van der Waals surface area contributed by atoms with Crippen molar-refractivity contribution in [3.05, 3.63) is 0 Å². The van der Waals surface area contributed by atoms with Gasteiger partial charge in [-0.1, -0.05) is 38.5 Å². The molecule has 2 rings (SSSR count). The molecule has 1 saturated carbocycles. The van der Waals surface area contributed by atoms with Gasteiger partial charge in [0, 0.05) is 13.2 Å². The number of aliphatic hydroxyl groups excluding tert-OH is 1. The van der Waals surface area contributed by atoms with E-state index in [1.54, 1.807) is 4.90 Å². The molecule has 0 aromatic heterocycles. The van der Waals surface area contributed by atoms with Crippen molar-refractivity contribution in [1.29, 1.82) is 0 Å². The van der Waals surface area contributed by atoms with Gasteiger partial charge in [0.15, 0.2) is 0 Å². The fraction of sp³-hybridized carbons (Fsp3) is 0.867. The zero-order valence-corrected chi connectivity index (χ0v) is 12.2. The van der Waals surface area contributed by atoms with Gasteiger partial charge in [0.2, 0.25) is 0 Å². The third-order valence-corrected chi connectivity index (χ3v) is 4.63. The van der Waals surface area contributed by atoms with Crippen LogP contribution < -0.4 is 5.32 Å². The van der Waals surface area contributed by atoms with Crippen molar-refractivity contribution >= 4 is 11.9 Å². The molecule has 20 heavy (non-hydrogen) atoms. The number of hydrogen-bond donors (Lipinski definition) is 2. The van der Waals surface area contributed by atoms with Crippen LogP contribution in [0.15, 0.2) is 0 Å². The van der Waals surface area contributed by atoms with Gasteiger partial charge in [-0.3, -0.25) is 10.1 Å². The zero-order valence-electron chi connectivity index (χ0n) is 12.2. The molecule has 0 unspecified atom stereocenters. The summed E-state index contributed by atoms with van der Waals surface area (Å²) in [5.74, 6) is -0.0836. The van der Waals surface area contributed by atoms with Gasteiger partial charge in [-0.25, -0.2) is 4.79 Å². The molecule has 5 nitrogen and oxygen atoms in total. The number of nitrogens with zero attached hydrogens (tertiary/aromatic N) is 1. The van der Waals surface area contributed by atoms with Crippen LogP contribution in [0.25, 0.3) is 0 Å². The number of imide groups is 1. The van der Waals surface area contributed by atoms with E-state index in [0.29, 0.717) is 6.54 Å². The first-order valence-electron chi connectivity index (χ1n) is 7.95. The molecule has 0 radical (unpaired) electrons. The second-order valence-electron chi connectivity index (χ2n) is 5.99. The van der Waals surface area contributed by atoms with Gasteiger partial charge in [-0.05, 0) is 25.7 Å². The fourth-order valence-electron chi connectivity index (χ4n) is 3.46. The molecule has 1 spiro atoms. The van der Waals surface area contributed by atoms with E-state index in [4.69, 9.17) is 5.11 Å². The van der Waals surface area contributed by atoms with Gasteiger partial charge in [0.1, 0.15) is 5.54 Å². The quantitative estimate of drug-likeness (QED) is 0.579. The molecule has 0 bridgehead atoms. The Morgan fingerprint density at radius 3 is 2.30 bits per heavy atom. The predicted molar refractivity (Wildman–Crippen MR) is 76.2 cm³/mol. The Kier molecular flexibility index (Phi) is 5.40. The van der Waals surface area contributed by atoms with Crippen LogP contribution in [0.3, 0.4) is 0 Å². The minimum absolute atomic E-state index is 0.0836. The largest absolute Gasteiger partial charge is 0.396 e. The van der Waals surface area contributed by atoms with Gasteiger partial charge >= 0.3 is 6.03 Å². The summed E-state index contributed by atoms with van der Waals surface area (Å²) in [6, 6.07) is -0.209. The lowest BCUT2D eigenvalue weighted by Crippen LogP contribution is -2.49. The van der Waals surface area contributed by atoms with E-state index in [-0.39, 0.29) is 18.5 Å². The van der Waals surface area contributed by atoms with E-state index in [2.05, 4.69) is 5.32 Å². The van der Waals surface area contributed by atoms with Crippen LogP contribution in [-0.2, 0) is 4.79 Å². The monoisotopic (exact) mass is 282 g/mol. The number of urea groups is 1. The van der Waals surface area contributed by atoms with Gasteiger partial charge in [0.25, 0.3) is 5.91 Å². The van der Waals surface area contributed by atoms with Crippen LogP contribution in [0.2, 0.25) is 0 Å². The fourth-order valence-corrected chi connectivity index (χ4v) is 3.46. The van der Waals surface area contributed by atoms with E-state index in [0.717, 1.165) is 64.2 Å². The minimum Gasteiger partial charge on any atom is -0.396 e. The van der Waals surface area contributed by atoms with E-state index < -0.39 is 5.54 Å². The molecule has 2 N–H and O–H groups in total. The molecule has 114 valence electrons. The maximum atomic E-state index is 12.3. The van der Waals surface area contributed by atoms with Crippen LogP contribution in [0, 0.1) is 0 Å². The molecule has 1 aliphatic carbocycles. The summed E-state index contributed by atoms with van der Waals surface area (Å²) >= 11 is 0. The summed E-state index contributed by atoms with van der Waals surface area (Å²) in [5.41, 5.74) is -0.565. The number of aliphatic hydroxyl groups is 1. The smallest absolute Gasteiger partial charge is 0.325 e. The molecule has 0 aromatic rings. The van der Waals surface area contributed by atoms with Gasteiger partial charge in [-0.2, -0.15) is 0 Å². The highest BCUT2D eigenvalue weighted by Crippen LogP contribution is 2.36. The third kappa shape index (κ3) is 3.14. The predicted octanol–water partition coefficient (Wildman–Crippen LogP) is 2.18. The second-order valence-corrected chi connectivity index (χ2v) is 5.99. The lowest BCUT2D eigenvalue weighted by atomic mass is 9.88. The maximum absolute atomic E-state index is 12.3. The van der Waals surface area contributed by atoms with Crippen molar-refractivity contribution in [2.75, 3.05) is 13.2 Å². The summed E-state index contributed by atoms with van der Waals surface area (Å²) in [5, 5.41) is 11.3. The molecule has 1 heterocycles. The Labute approximate surface area is 120 Å². The molecule has 0 aromatic carbocycles. The Morgan fingerprint density at radius 1 is 1.00 bits per heavy atom. The maximum Gasteiger partial charge on any atom is 0.325 e. The summed E-state index contributed by atoms with van der Waals surface area (Å²) < 4.78 is 0. The Bertz CT molecular complexity index is 349. The van der Waals surface area contributed by atoms with E-state index in [9.17, 15) is 9.59 Å². The van der Waals surface area contributed by atoms with Crippen LogP contribution >= 0.6 is 0 Å². The third-order valence-electron chi connectivity index (χ3n) is 4.63. The molecule has 0 atom stereocenters. The highest BCUT2D eigenvalue weighted by molar-refractivity contribution is 6.07. The number of unbranched alkanes of at least 4 members (excludes halogenated alkanes) is 3. The molecule has 2 fully saturated rings. The molecular formula is C15H26N2O3. The normalized spacial score (nSPS) is 22.1. The summed E-state index contributed by atoms with van der Waals surface area (Å²) in [4.78, 5) is 26.1. The van der Waals surface area contributed by atoms with Gasteiger partial charge in [-0.15, -0.1) is 0 Å². The van der Waals surface area contributed by atoms with Crippen LogP contribution in [0.4, 0.5) is 4.79 Å². The number of carbonyl (C=O) groups excluding carboxylic acids is 2. The Morgan fingerprint density at radius 2 is 1.65 bits per heavy atom. The van der Waals surface area contributed by atoms with Crippen molar-refractivity contribution in [3.8, 4) is 0 Å². The highest BCUT2D eigenvalue weighted by atomic mass is 16.3. The number of hydrogen-bond acceptors (Lipinski definition) is 3. The number of amides is 3. The first-order chi connectivity index (χ1) is 9.70. The van der Waals surface area contributed by atoms with Crippen molar-refractivity contribution in [2.24, 2.45) is 0 Å². The minimum atomic E-state index is -0.565. The van der Waals surface area contributed by atoms with Crippen molar-refractivity contribution in [2.45, 2.75) is 69.7 Å². The first kappa shape index (κ1) is 15.3. The summed E-state index contributed by atoms with van der Waals surface area (Å²) in [6.45, 7) is 0.885. The average Bonchev–Trinajstić information content (AvgIpc) is 2.63. The SMILES string of the molecule is O=C1NC(=O)C2(CCCCCC2)N1CCCCCCO. The summed E-state index contributed by atoms with van der Waals surface area (Å²) in [7, 11) is 0. The lowest BCUT2D eigenvalue weighted by molar-refractivity contribution is -0.127. The molecule has 3 amide bonds. The standard InChI is InChI=1S/C15H26N2O3/c18-12-8-4-3-7-11-17-14(20)16-13(19)15(17)9-5-1-2-6-10-15/h18H,1-12H2,(H,16,19,20). The van der Waals surface area contributed by atoms with Crippen LogP contribution in [0.5, 0.6) is 0 Å². The summed E-state index contributed by atoms with van der Waals surface area (Å²) in [6.07, 6.45) is 9.69.